The van der Waals surface area contributed by atoms with Crippen LogP contribution in [0.5, 0.6) is 0 Å². The largest absolute Gasteiger partial charge is 0.366 e. The average molecular weight is 383 g/mol. The Labute approximate surface area is 161 Å². The third-order valence-corrected chi connectivity index (χ3v) is 4.66. The van der Waals surface area contributed by atoms with E-state index in [1.54, 1.807) is 35.9 Å². The maximum atomic E-state index is 12.8. The van der Waals surface area contributed by atoms with Crippen LogP contribution in [0, 0.1) is 13.8 Å². The van der Waals surface area contributed by atoms with Gasteiger partial charge in [0.2, 0.25) is 5.91 Å². The first-order chi connectivity index (χ1) is 12.9. The molecule has 0 unspecified atom stereocenters. The highest BCUT2D eigenvalue weighted by Gasteiger charge is 2.19. The van der Waals surface area contributed by atoms with Crippen molar-refractivity contribution in [1.29, 1.82) is 0 Å². The summed E-state index contributed by atoms with van der Waals surface area (Å²) < 4.78 is 1.76. The second-order valence-corrected chi connectivity index (χ2v) is 6.60. The molecule has 6 nitrogen and oxygen atoms in total. The molecule has 0 aliphatic heterocycles. The molecule has 1 aromatic heterocycles. The van der Waals surface area contributed by atoms with Gasteiger partial charge in [0.1, 0.15) is 0 Å². The summed E-state index contributed by atoms with van der Waals surface area (Å²) in [7, 11) is 0. The van der Waals surface area contributed by atoms with Gasteiger partial charge in [0.25, 0.3) is 5.91 Å². The molecule has 0 atom stereocenters. The first-order valence-electron chi connectivity index (χ1n) is 8.35. The molecule has 0 bridgehead atoms. The van der Waals surface area contributed by atoms with Crippen LogP contribution < -0.4 is 11.1 Å². The third kappa shape index (κ3) is 4.01. The van der Waals surface area contributed by atoms with E-state index in [1.807, 2.05) is 31.2 Å². The number of hydrogen-bond donors (Lipinski definition) is 2. The normalized spacial score (nSPS) is 10.6. The standard InChI is InChI=1S/C20H19ClN4O2/c1-12-18(20(27)23-16-8-5-7-14(10-16)19(22)26)13(2)25(24-12)11-15-6-3-4-9-17(15)21/h3-10H,11H2,1-2H3,(H2,22,26)(H,23,27). The summed E-state index contributed by atoms with van der Waals surface area (Å²) in [5, 5.41) is 7.93. The van der Waals surface area contributed by atoms with Crippen LogP contribution in [0.2, 0.25) is 5.02 Å². The van der Waals surface area contributed by atoms with E-state index < -0.39 is 5.91 Å². The molecule has 0 saturated carbocycles. The van der Waals surface area contributed by atoms with Crippen LogP contribution in [0.3, 0.4) is 0 Å². The molecule has 3 rings (SSSR count). The highest BCUT2D eigenvalue weighted by Crippen LogP contribution is 2.21. The number of halogens is 1. The fourth-order valence-electron chi connectivity index (χ4n) is 2.91. The van der Waals surface area contributed by atoms with E-state index in [1.165, 1.54) is 0 Å². The van der Waals surface area contributed by atoms with Crippen molar-refractivity contribution in [1.82, 2.24) is 9.78 Å². The van der Waals surface area contributed by atoms with E-state index in [0.717, 1.165) is 11.3 Å². The van der Waals surface area contributed by atoms with Crippen molar-refractivity contribution in [3.63, 3.8) is 0 Å². The quantitative estimate of drug-likeness (QED) is 0.707. The van der Waals surface area contributed by atoms with Gasteiger partial charge in [-0.25, -0.2) is 0 Å². The topological polar surface area (TPSA) is 90.0 Å². The van der Waals surface area contributed by atoms with Crippen molar-refractivity contribution < 1.29 is 9.59 Å². The second-order valence-electron chi connectivity index (χ2n) is 6.19. The van der Waals surface area contributed by atoms with Crippen molar-refractivity contribution in [2.75, 3.05) is 5.32 Å². The maximum absolute atomic E-state index is 12.8. The number of hydrogen-bond acceptors (Lipinski definition) is 3. The molecule has 1 heterocycles. The average Bonchev–Trinajstić information content (AvgIpc) is 2.90. The van der Waals surface area contributed by atoms with E-state index in [9.17, 15) is 9.59 Å². The number of primary amides is 1. The molecule has 3 aromatic rings. The lowest BCUT2D eigenvalue weighted by Crippen LogP contribution is -2.16. The van der Waals surface area contributed by atoms with Gasteiger partial charge >= 0.3 is 0 Å². The second kappa shape index (κ2) is 7.63. The van der Waals surface area contributed by atoms with Crippen LogP contribution in [0.25, 0.3) is 0 Å². The fraction of sp³-hybridized carbons (Fsp3) is 0.150. The van der Waals surface area contributed by atoms with Crippen LogP contribution in [-0.4, -0.2) is 21.6 Å². The van der Waals surface area contributed by atoms with E-state index in [0.29, 0.717) is 34.1 Å². The number of aromatic nitrogens is 2. The summed E-state index contributed by atoms with van der Waals surface area (Å²) in [4.78, 5) is 24.1. The first-order valence-corrected chi connectivity index (χ1v) is 8.73. The molecule has 0 saturated heterocycles. The zero-order chi connectivity index (χ0) is 19.6. The van der Waals surface area contributed by atoms with E-state index in [2.05, 4.69) is 10.4 Å². The molecule has 2 aromatic carbocycles. The lowest BCUT2D eigenvalue weighted by molar-refractivity contribution is 0.0996. The number of aryl methyl sites for hydroxylation is 1. The zero-order valence-electron chi connectivity index (χ0n) is 15.0. The van der Waals surface area contributed by atoms with Crippen molar-refractivity contribution in [3.05, 3.63) is 81.6 Å². The van der Waals surface area contributed by atoms with E-state index in [-0.39, 0.29) is 5.91 Å². The van der Waals surface area contributed by atoms with Crippen molar-refractivity contribution in [2.45, 2.75) is 20.4 Å². The minimum absolute atomic E-state index is 0.294. The smallest absolute Gasteiger partial charge is 0.259 e. The van der Waals surface area contributed by atoms with E-state index in [4.69, 9.17) is 17.3 Å². The lowest BCUT2D eigenvalue weighted by atomic mass is 10.1. The summed E-state index contributed by atoms with van der Waals surface area (Å²) in [6.45, 7) is 4.09. The molecule has 27 heavy (non-hydrogen) atoms. The van der Waals surface area contributed by atoms with Crippen LogP contribution in [0.4, 0.5) is 5.69 Å². The van der Waals surface area contributed by atoms with Crippen LogP contribution in [0.15, 0.2) is 48.5 Å². The van der Waals surface area contributed by atoms with Gasteiger partial charge in [0.05, 0.1) is 17.8 Å². The Morgan fingerprint density at radius 1 is 1.15 bits per heavy atom. The summed E-state index contributed by atoms with van der Waals surface area (Å²) >= 11 is 6.23. The number of carbonyl (C=O) groups excluding carboxylic acids is 2. The van der Waals surface area contributed by atoms with Gasteiger partial charge in [-0.15, -0.1) is 0 Å². The number of rotatable bonds is 5. The van der Waals surface area contributed by atoms with Crippen LogP contribution in [0.1, 0.15) is 37.7 Å². The van der Waals surface area contributed by atoms with Crippen LogP contribution >= 0.6 is 11.6 Å². The monoisotopic (exact) mass is 382 g/mol. The summed E-state index contributed by atoms with van der Waals surface area (Å²) in [6, 6.07) is 14.0. The molecule has 138 valence electrons. The highest BCUT2D eigenvalue weighted by atomic mass is 35.5. The fourth-order valence-corrected chi connectivity index (χ4v) is 3.11. The number of nitrogens with one attached hydrogen (secondary N) is 1. The van der Waals surface area contributed by atoms with Gasteiger partial charge in [-0.05, 0) is 43.7 Å². The number of carbonyl (C=O) groups is 2. The van der Waals surface area contributed by atoms with E-state index >= 15 is 0 Å². The molecule has 0 radical (unpaired) electrons. The Balaban J connectivity index is 1.86. The predicted octanol–water partition coefficient (Wildman–Crippen LogP) is 3.55. The summed E-state index contributed by atoms with van der Waals surface area (Å²) in [5.74, 6) is -0.844. The van der Waals surface area contributed by atoms with Gasteiger partial charge in [-0.2, -0.15) is 5.10 Å². The van der Waals surface area contributed by atoms with Crippen molar-refractivity contribution in [2.24, 2.45) is 5.73 Å². The van der Waals surface area contributed by atoms with Crippen LogP contribution in [-0.2, 0) is 6.54 Å². The third-order valence-electron chi connectivity index (χ3n) is 4.29. The van der Waals surface area contributed by atoms with Crippen molar-refractivity contribution in [3.8, 4) is 0 Å². The minimum atomic E-state index is -0.550. The zero-order valence-corrected chi connectivity index (χ0v) is 15.7. The molecule has 3 N–H and O–H groups in total. The molecule has 7 heteroatoms. The molecule has 0 spiro atoms. The molecule has 0 fully saturated rings. The molecular weight excluding hydrogens is 364 g/mol. The predicted molar refractivity (Wildman–Crippen MR) is 105 cm³/mol. The Hall–Kier alpha value is -3.12. The Kier molecular flexibility index (Phi) is 5.28. The molecular formula is C20H19ClN4O2. The van der Waals surface area contributed by atoms with Crippen molar-refractivity contribution >= 4 is 29.1 Å². The SMILES string of the molecule is Cc1nn(Cc2ccccc2Cl)c(C)c1C(=O)Nc1cccc(C(N)=O)c1. The summed E-state index contributed by atoms with van der Waals surface area (Å²) in [5.41, 5.74) is 8.87. The Bertz CT molecular complexity index is 1030. The van der Waals surface area contributed by atoms with Gasteiger partial charge in [-0.3, -0.25) is 14.3 Å². The number of nitrogens with two attached hydrogens (primary N) is 1. The summed E-state index contributed by atoms with van der Waals surface area (Å²) in [6.07, 6.45) is 0. The van der Waals surface area contributed by atoms with Gasteiger partial charge in [-0.1, -0.05) is 35.9 Å². The van der Waals surface area contributed by atoms with Gasteiger partial charge in [0, 0.05) is 22.0 Å². The Morgan fingerprint density at radius 3 is 2.59 bits per heavy atom. The first kappa shape index (κ1) is 18.7. The highest BCUT2D eigenvalue weighted by molar-refractivity contribution is 6.31. The Morgan fingerprint density at radius 2 is 1.89 bits per heavy atom. The lowest BCUT2D eigenvalue weighted by Gasteiger charge is -2.08. The number of nitrogens with zero attached hydrogens (tertiary/aromatic N) is 2. The maximum Gasteiger partial charge on any atom is 0.259 e. The number of anilines is 1. The molecule has 0 aliphatic rings. The molecule has 0 aliphatic carbocycles. The molecule has 2 amide bonds. The van der Waals surface area contributed by atoms with Gasteiger partial charge in [0.15, 0.2) is 0 Å². The minimum Gasteiger partial charge on any atom is -0.366 e. The van der Waals surface area contributed by atoms with Gasteiger partial charge < -0.3 is 11.1 Å². The number of amides is 2. The number of benzene rings is 2.